The van der Waals surface area contributed by atoms with Gasteiger partial charge in [-0.2, -0.15) is 0 Å². The normalized spacial score (nSPS) is 21.4. The van der Waals surface area contributed by atoms with Crippen molar-refractivity contribution in [2.75, 3.05) is 11.4 Å². The van der Waals surface area contributed by atoms with Gasteiger partial charge in [0.2, 0.25) is 0 Å². The molecule has 1 aromatic carbocycles. The predicted octanol–water partition coefficient (Wildman–Crippen LogP) is 4.63. The Balaban J connectivity index is 2.50. The zero-order chi connectivity index (χ0) is 13.7. The fourth-order valence-electron chi connectivity index (χ4n) is 3.94. The van der Waals surface area contributed by atoms with Crippen LogP contribution in [0.1, 0.15) is 50.8 Å². The van der Waals surface area contributed by atoms with Crippen molar-refractivity contribution in [3.63, 3.8) is 0 Å². The second-order valence-electron chi connectivity index (χ2n) is 7.49. The first kappa shape index (κ1) is 13.5. The van der Waals surface area contributed by atoms with Crippen molar-refractivity contribution >= 4 is 5.69 Å². The molecule has 1 fully saturated rings. The summed E-state index contributed by atoms with van der Waals surface area (Å²) in [4.78, 5) is 2.62. The molecule has 1 heteroatoms. The lowest BCUT2D eigenvalue weighted by molar-refractivity contribution is 0.371. The van der Waals surface area contributed by atoms with E-state index in [0.717, 1.165) is 6.54 Å². The van der Waals surface area contributed by atoms with Crippen molar-refractivity contribution in [3.05, 3.63) is 28.8 Å². The lowest BCUT2D eigenvalue weighted by Gasteiger charge is -2.36. The minimum atomic E-state index is 0.258. The summed E-state index contributed by atoms with van der Waals surface area (Å²) in [5.74, 6) is 0. The smallest absolute Gasteiger partial charge is 0.0430 e. The molecule has 1 heterocycles. The van der Waals surface area contributed by atoms with E-state index in [4.69, 9.17) is 0 Å². The molecule has 2 rings (SSSR count). The van der Waals surface area contributed by atoms with Gasteiger partial charge in [0.15, 0.2) is 0 Å². The lowest BCUT2D eigenvalue weighted by Crippen LogP contribution is -2.39. The van der Waals surface area contributed by atoms with Crippen molar-refractivity contribution in [1.29, 1.82) is 0 Å². The molecular formula is C17H27N. The summed E-state index contributed by atoms with van der Waals surface area (Å²) in [5, 5.41) is 0. The van der Waals surface area contributed by atoms with Crippen molar-refractivity contribution in [2.45, 2.75) is 60.4 Å². The molecule has 0 unspecified atom stereocenters. The molecule has 0 aromatic heterocycles. The Morgan fingerprint density at radius 1 is 0.944 bits per heavy atom. The first-order valence-electron chi connectivity index (χ1n) is 6.98. The summed E-state index contributed by atoms with van der Waals surface area (Å²) in [6, 6.07) is 4.62. The van der Waals surface area contributed by atoms with Crippen LogP contribution in [0, 0.1) is 26.2 Å². The molecule has 0 atom stereocenters. The summed E-state index contributed by atoms with van der Waals surface area (Å²) in [7, 11) is 0. The summed E-state index contributed by atoms with van der Waals surface area (Å²) in [6.07, 6.45) is 1.26. The van der Waals surface area contributed by atoms with Gasteiger partial charge in [0.25, 0.3) is 0 Å². The van der Waals surface area contributed by atoms with Gasteiger partial charge in [0, 0.05) is 17.8 Å². The average Bonchev–Trinajstić information content (AvgIpc) is 2.32. The van der Waals surface area contributed by atoms with E-state index in [-0.39, 0.29) is 5.54 Å². The fourth-order valence-corrected chi connectivity index (χ4v) is 3.94. The maximum absolute atomic E-state index is 2.62. The Morgan fingerprint density at radius 2 is 1.44 bits per heavy atom. The monoisotopic (exact) mass is 245 g/mol. The van der Waals surface area contributed by atoms with Gasteiger partial charge in [-0.3, -0.25) is 0 Å². The van der Waals surface area contributed by atoms with E-state index in [9.17, 15) is 0 Å². The van der Waals surface area contributed by atoms with Crippen molar-refractivity contribution in [2.24, 2.45) is 5.41 Å². The predicted molar refractivity (Wildman–Crippen MR) is 80.5 cm³/mol. The number of anilines is 1. The highest BCUT2D eigenvalue weighted by atomic mass is 15.2. The van der Waals surface area contributed by atoms with E-state index in [1.165, 1.54) is 28.8 Å². The first-order chi connectivity index (χ1) is 8.12. The van der Waals surface area contributed by atoms with Gasteiger partial charge in [-0.05, 0) is 57.6 Å². The van der Waals surface area contributed by atoms with E-state index in [1.807, 2.05) is 0 Å². The molecule has 1 aliphatic heterocycles. The molecule has 18 heavy (non-hydrogen) atoms. The van der Waals surface area contributed by atoms with Crippen LogP contribution in [-0.2, 0) is 0 Å². The van der Waals surface area contributed by atoms with Crippen LogP contribution in [0.25, 0.3) is 0 Å². The number of rotatable bonds is 1. The van der Waals surface area contributed by atoms with Crippen LogP contribution in [0.15, 0.2) is 12.1 Å². The van der Waals surface area contributed by atoms with E-state index in [2.05, 4.69) is 65.5 Å². The SMILES string of the molecule is Cc1cc(C)c(N2CC(C)(C)CC2(C)C)c(C)c1. The zero-order valence-corrected chi connectivity index (χ0v) is 13.0. The highest BCUT2D eigenvalue weighted by molar-refractivity contribution is 5.62. The molecule has 0 saturated carbocycles. The molecule has 1 saturated heterocycles. The highest BCUT2D eigenvalue weighted by Gasteiger charge is 2.43. The molecule has 0 bridgehead atoms. The van der Waals surface area contributed by atoms with E-state index >= 15 is 0 Å². The summed E-state index contributed by atoms with van der Waals surface area (Å²) in [5.41, 5.74) is 6.32. The Hall–Kier alpha value is -0.980. The Kier molecular flexibility index (Phi) is 3.00. The van der Waals surface area contributed by atoms with E-state index < -0.39 is 0 Å². The third-order valence-corrected chi connectivity index (χ3v) is 4.13. The van der Waals surface area contributed by atoms with Crippen molar-refractivity contribution < 1.29 is 0 Å². The molecule has 100 valence electrons. The maximum Gasteiger partial charge on any atom is 0.0430 e. The molecule has 1 aromatic rings. The van der Waals surface area contributed by atoms with E-state index in [0.29, 0.717) is 5.41 Å². The topological polar surface area (TPSA) is 3.24 Å². The lowest BCUT2D eigenvalue weighted by atomic mass is 9.86. The second kappa shape index (κ2) is 4.01. The van der Waals surface area contributed by atoms with Crippen LogP contribution in [-0.4, -0.2) is 12.1 Å². The van der Waals surface area contributed by atoms with Crippen LogP contribution >= 0.6 is 0 Å². The van der Waals surface area contributed by atoms with Gasteiger partial charge >= 0.3 is 0 Å². The molecule has 0 spiro atoms. The van der Waals surface area contributed by atoms with Crippen molar-refractivity contribution in [3.8, 4) is 0 Å². The van der Waals surface area contributed by atoms with Gasteiger partial charge in [0.1, 0.15) is 0 Å². The molecule has 1 nitrogen and oxygen atoms in total. The number of hydrogen-bond donors (Lipinski definition) is 0. The molecule has 0 amide bonds. The van der Waals surface area contributed by atoms with Gasteiger partial charge in [-0.15, -0.1) is 0 Å². The minimum absolute atomic E-state index is 0.258. The van der Waals surface area contributed by atoms with Crippen LogP contribution in [0.2, 0.25) is 0 Å². The largest absolute Gasteiger partial charge is 0.365 e. The Bertz CT molecular complexity index is 445. The minimum Gasteiger partial charge on any atom is -0.365 e. The van der Waals surface area contributed by atoms with Crippen molar-refractivity contribution in [1.82, 2.24) is 0 Å². The molecule has 0 N–H and O–H groups in total. The quantitative estimate of drug-likeness (QED) is 0.697. The van der Waals surface area contributed by atoms with Gasteiger partial charge in [-0.25, -0.2) is 0 Å². The summed E-state index contributed by atoms with van der Waals surface area (Å²) < 4.78 is 0. The summed E-state index contributed by atoms with van der Waals surface area (Å²) in [6.45, 7) is 17.4. The van der Waals surface area contributed by atoms with E-state index in [1.54, 1.807) is 0 Å². The number of aryl methyl sites for hydroxylation is 3. The molecule has 0 aliphatic carbocycles. The first-order valence-corrected chi connectivity index (χ1v) is 6.98. The highest BCUT2D eigenvalue weighted by Crippen LogP contribution is 2.45. The average molecular weight is 245 g/mol. The maximum atomic E-state index is 2.62. The molecular weight excluding hydrogens is 218 g/mol. The van der Waals surface area contributed by atoms with Gasteiger partial charge < -0.3 is 4.90 Å². The van der Waals surface area contributed by atoms with Crippen LogP contribution < -0.4 is 4.90 Å². The standard InChI is InChI=1S/C17H27N/c1-12-8-13(2)15(14(3)9-12)18-11-16(4,5)10-17(18,6)7/h8-9H,10-11H2,1-7H3. The van der Waals surface area contributed by atoms with Crippen LogP contribution in [0.4, 0.5) is 5.69 Å². The van der Waals surface area contributed by atoms with Gasteiger partial charge in [0.05, 0.1) is 0 Å². The number of hydrogen-bond acceptors (Lipinski definition) is 1. The molecule has 0 radical (unpaired) electrons. The third kappa shape index (κ3) is 2.28. The number of nitrogens with zero attached hydrogens (tertiary/aromatic N) is 1. The Labute approximate surface area is 112 Å². The fraction of sp³-hybridized carbons (Fsp3) is 0.647. The summed E-state index contributed by atoms with van der Waals surface area (Å²) >= 11 is 0. The Morgan fingerprint density at radius 3 is 1.83 bits per heavy atom. The number of benzene rings is 1. The third-order valence-electron chi connectivity index (χ3n) is 4.13. The van der Waals surface area contributed by atoms with Crippen LogP contribution in [0.3, 0.4) is 0 Å². The molecule has 1 aliphatic rings. The van der Waals surface area contributed by atoms with Crippen LogP contribution in [0.5, 0.6) is 0 Å². The second-order valence-corrected chi connectivity index (χ2v) is 7.49. The zero-order valence-electron chi connectivity index (χ0n) is 13.0. The van der Waals surface area contributed by atoms with Gasteiger partial charge in [-0.1, -0.05) is 31.5 Å².